The van der Waals surface area contributed by atoms with Gasteiger partial charge in [-0.3, -0.25) is 0 Å². The number of benzene rings is 1. The molecule has 0 unspecified atom stereocenters. The highest BCUT2D eigenvalue weighted by molar-refractivity contribution is 6.31. The van der Waals surface area contributed by atoms with E-state index in [1.54, 1.807) is 0 Å². The Morgan fingerprint density at radius 2 is 2.29 bits per heavy atom. The third-order valence-corrected chi connectivity index (χ3v) is 3.46. The first-order valence-electron chi connectivity index (χ1n) is 5.29. The quantitative estimate of drug-likeness (QED) is 0.755. The largest absolute Gasteiger partial charge is 0.324 e. The molecule has 0 spiro atoms. The molecule has 2 heteroatoms. The maximum atomic E-state index is 6.17. The normalized spacial score (nSPS) is 20.6. The van der Waals surface area contributed by atoms with Crippen molar-refractivity contribution in [3.05, 3.63) is 33.8 Å². The number of fused-ring (bicyclic) bond motifs is 1. The van der Waals surface area contributed by atoms with Crippen molar-refractivity contribution >= 4 is 11.6 Å². The van der Waals surface area contributed by atoms with E-state index in [4.69, 9.17) is 17.3 Å². The molecule has 0 saturated heterocycles. The molecule has 0 heterocycles. The van der Waals surface area contributed by atoms with Crippen LogP contribution in [0, 0.1) is 0 Å². The summed E-state index contributed by atoms with van der Waals surface area (Å²) in [7, 11) is 0. The van der Waals surface area contributed by atoms with Gasteiger partial charge in [0, 0.05) is 11.1 Å². The molecule has 0 fully saturated rings. The van der Waals surface area contributed by atoms with Crippen LogP contribution in [0.3, 0.4) is 0 Å². The molecule has 1 aliphatic rings. The van der Waals surface area contributed by atoms with Gasteiger partial charge in [-0.2, -0.15) is 0 Å². The lowest BCUT2D eigenvalue weighted by atomic mass is 9.84. The number of nitrogens with two attached hydrogens (primary N) is 1. The lowest BCUT2D eigenvalue weighted by molar-refractivity contribution is 0.567. The molecule has 2 rings (SSSR count). The van der Waals surface area contributed by atoms with Crippen LogP contribution in [0.4, 0.5) is 0 Å². The van der Waals surface area contributed by atoms with E-state index < -0.39 is 0 Å². The molecule has 76 valence electrons. The van der Waals surface area contributed by atoms with Crippen LogP contribution in [0.2, 0.25) is 5.02 Å². The smallest absolute Gasteiger partial charge is 0.0440 e. The summed E-state index contributed by atoms with van der Waals surface area (Å²) in [5, 5.41) is 0.903. The summed E-state index contributed by atoms with van der Waals surface area (Å²) in [6.45, 7) is 2.15. The average molecular weight is 210 g/mol. The van der Waals surface area contributed by atoms with Crippen molar-refractivity contribution in [3.8, 4) is 0 Å². The van der Waals surface area contributed by atoms with Crippen LogP contribution >= 0.6 is 11.6 Å². The van der Waals surface area contributed by atoms with Gasteiger partial charge in [-0.25, -0.2) is 0 Å². The van der Waals surface area contributed by atoms with Crippen molar-refractivity contribution in [3.63, 3.8) is 0 Å². The molecule has 2 N–H and O–H groups in total. The van der Waals surface area contributed by atoms with Crippen LogP contribution in [-0.2, 0) is 12.8 Å². The zero-order valence-corrected chi connectivity index (χ0v) is 9.27. The second-order valence-corrected chi connectivity index (χ2v) is 4.35. The van der Waals surface area contributed by atoms with Gasteiger partial charge in [0.2, 0.25) is 0 Å². The Kier molecular flexibility index (Phi) is 2.80. The topological polar surface area (TPSA) is 26.0 Å². The molecular weight excluding hydrogens is 194 g/mol. The van der Waals surface area contributed by atoms with E-state index in [1.165, 1.54) is 23.1 Å². The fourth-order valence-corrected chi connectivity index (χ4v) is 2.67. The third-order valence-electron chi connectivity index (χ3n) is 3.11. The van der Waals surface area contributed by atoms with Gasteiger partial charge in [-0.1, -0.05) is 24.6 Å². The number of hydrogen-bond acceptors (Lipinski definition) is 1. The van der Waals surface area contributed by atoms with E-state index in [2.05, 4.69) is 13.0 Å². The standard InChI is InChI=1S/C12H16ClN/c1-2-8-9-4-3-5-12(14)10(9)6-7-11(8)13/h6-7,12H,2-5,14H2,1H3/t12-/m0/s1. The summed E-state index contributed by atoms with van der Waals surface area (Å²) in [6, 6.07) is 4.31. The van der Waals surface area contributed by atoms with Gasteiger partial charge in [0.1, 0.15) is 0 Å². The molecule has 0 saturated carbocycles. The molecule has 1 nitrogen and oxygen atoms in total. The fraction of sp³-hybridized carbons (Fsp3) is 0.500. The van der Waals surface area contributed by atoms with Gasteiger partial charge in [-0.15, -0.1) is 0 Å². The van der Waals surface area contributed by atoms with E-state index in [-0.39, 0.29) is 6.04 Å². The van der Waals surface area contributed by atoms with Crippen LogP contribution in [0.15, 0.2) is 12.1 Å². The van der Waals surface area contributed by atoms with E-state index in [0.717, 1.165) is 24.3 Å². The van der Waals surface area contributed by atoms with Gasteiger partial charge >= 0.3 is 0 Å². The first kappa shape index (κ1) is 10.0. The molecular formula is C12H16ClN. The van der Waals surface area contributed by atoms with Gasteiger partial charge in [-0.05, 0) is 48.4 Å². The molecule has 0 bridgehead atoms. The molecule has 14 heavy (non-hydrogen) atoms. The van der Waals surface area contributed by atoms with Gasteiger partial charge < -0.3 is 5.73 Å². The minimum Gasteiger partial charge on any atom is -0.324 e. The van der Waals surface area contributed by atoms with Gasteiger partial charge in [0.25, 0.3) is 0 Å². The van der Waals surface area contributed by atoms with Gasteiger partial charge in [0.15, 0.2) is 0 Å². The van der Waals surface area contributed by atoms with Crippen molar-refractivity contribution in [1.29, 1.82) is 0 Å². The monoisotopic (exact) mass is 209 g/mol. The maximum absolute atomic E-state index is 6.17. The molecule has 1 atom stereocenters. The lowest BCUT2D eigenvalue weighted by Gasteiger charge is -2.25. The van der Waals surface area contributed by atoms with Crippen LogP contribution < -0.4 is 5.73 Å². The fourth-order valence-electron chi connectivity index (χ4n) is 2.36. The third kappa shape index (κ3) is 1.55. The first-order valence-corrected chi connectivity index (χ1v) is 5.67. The first-order chi connectivity index (χ1) is 6.74. The Morgan fingerprint density at radius 3 is 3.00 bits per heavy atom. The number of rotatable bonds is 1. The predicted octanol–water partition coefficient (Wildman–Crippen LogP) is 3.24. The van der Waals surface area contributed by atoms with Crippen molar-refractivity contribution < 1.29 is 0 Å². The SMILES string of the molecule is CCc1c(Cl)ccc2c1CCC[C@@H]2N. The summed E-state index contributed by atoms with van der Waals surface area (Å²) < 4.78 is 0. The zero-order valence-electron chi connectivity index (χ0n) is 8.52. The summed E-state index contributed by atoms with van der Waals surface area (Å²) in [6.07, 6.45) is 4.46. The van der Waals surface area contributed by atoms with E-state index in [0.29, 0.717) is 0 Å². The van der Waals surface area contributed by atoms with Crippen molar-refractivity contribution in [2.24, 2.45) is 5.73 Å². The van der Waals surface area contributed by atoms with Crippen LogP contribution in [-0.4, -0.2) is 0 Å². The predicted molar refractivity (Wildman–Crippen MR) is 60.7 cm³/mol. The summed E-state index contributed by atoms with van der Waals surface area (Å²) >= 11 is 6.17. The molecule has 1 aliphatic carbocycles. The highest BCUT2D eigenvalue weighted by atomic mass is 35.5. The second kappa shape index (κ2) is 3.92. The van der Waals surface area contributed by atoms with E-state index in [9.17, 15) is 0 Å². The molecule has 0 radical (unpaired) electrons. The summed E-state index contributed by atoms with van der Waals surface area (Å²) in [4.78, 5) is 0. The molecule has 1 aromatic rings. The highest BCUT2D eigenvalue weighted by Crippen LogP contribution is 2.33. The molecule has 0 aromatic heterocycles. The van der Waals surface area contributed by atoms with Crippen LogP contribution in [0.1, 0.15) is 42.5 Å². The number of hydrogen-bond donors (Lipinski definition) is 1. The van der Waals surface area contributed by atoms with Crippen molar-refractivity contribution in [2.45, 2.75) is 38.6 Å². The van der Waals surface area contributed by atoms with Crippen LogP contribution in [0.5, 0.6) is 0 Å². The summed E-state index contributed by atoms with van der Waals surface area (Å²) in [5.74, 6) is 0. The van der Waals surface area contributed by atoms with Gasteiger partial charge in [0.05, 0.1) is 0 Å². The van der Waals surface area contributed by atoms with E-state index in [1.807, 2.05) is 6.07 Å². The minimum absolute atomic E-state index is 0.223. The van der Waals surface area contributed by atoms with Crippen LogP contribution in [0.25, 0.3) is 0 Å². The average Bonchev–Trinajstić information content (AvgIpc) is 2.18. The Balaban J connectivity index is 2.55. The Labute approximate surface area is 90.3 Å². The molecule has 1 aromatic carbocycles. The minimum atomic E-state index is 0.223. The van der Waals surface area contributed by atoms with Crippen molar-refractivity contribution in [1.82, 2.24) is 0 Å². The lowest BCUT2D eigenvalue weighted by Crippen LogP contribution is -2.18. The van der Waals surface area contributed by atoms with E-state index >= 15 is 0 Å². The molecule has 0 amide bonds. The summed E-state index contributed by atoms with van der Waals surface area (Å²) in [5.41, 5.74) is 10.1. The second-order valence-electron chi connectivity index (χ2n) is 3.95. The zero-order chi connectivity index (χ0) is 10.1. The molecule has 0 aliphatic heterocycles. The highest BCUT2D eigenvalue weighted by Gasteiger charge is 2.19. The number of halogens is 1. The Hall–Kier alpha value is -0.530. The maximum Gasteiger partial charge on any atom is 0.0440 e. The Bertz CT molecular complexity index is 346. The van der Waals surface area contributed by atoms with Crippen molar-refractivity contribution in [2.75, 3.05) is 0 Å². The Morgan fingerprint density at radius 1 is 1.50 bits per heavy atom.